The van der Waals surface area contributed by atoms with E-state index in [1.54, 1.807) is 37.3 Å². The van der Waals surface area contributed by atoms with Crippen molar-refractivity contribution in [1.29, 1.82) is 0 Å². The Hall–Kier alpha value is -2.88. The Bertz CT molecular complexity index is 1380. The first-order valence-corrected chi connectivity index (χ1v) is 14.7. The van der Waals surface area contributed by atoms with Crippen LogP contribution < -0.4 is 9.62 Å². The topological polar surface area (TPSA) is 86.8 Å². The van der Waals surface area contributed by atoms with Gasteiger partial charge in [-0.25, -0.2) is 8.42 Å². The Balaban J connectivity index is 2.04. The van der Waals surface area contributed by atoms with Crippen molar-refractivity contribution in [1.82, 2.24) is 10.2 Å². The highest BCUT2D eigenvalue weighted by molar-refractivity contribution is 9.10. The fourth-order valence-electron chi connectivity index (χ4n) is 3.76. The first kappa shape index (κ1) is 29.7. The number of rotatable bonds is 10. The van der Waals surface area contributed by atoms with Crippen LogP contribution in [0.15, 0.2) is 82.2 Å². The van der Waals surface area contributed by atoms with E-state index in [0.717, 1.165) is 19.9 Å². The second-order valence-corrected chi connectivity index (χ2v) is 12.4. The number of hydrogen-bond acceptors (Lipinski definition) is 4. The second-order valence-electron chi connectivity index (χ2n) is 9.25. The van der Waals surface area contributed by atoms with Crippen LogP contribution in [0, 0.1) is 6.92 Å². The second kappa shape index (κ2) is 12.8. The van der Waals surface area contributed by atoms with Gasteiger partial charge in [0.1, 0.15) is 12.6 Å². The van der Waals surface area contributed by atoms with Crippen LogP contribution >= 0.6 is 27.5 Å². The fraction of sp³-hybridized carbons (Fsp3) is 0.286. The Morgan fingerprint density at radius 1 is 0.974 bits per heavy atom. The van der Waals surface area contributed by atoms with Crippen molar-refractivity contribution < 1.29 is 18.0 Å². The number of anilines is 1. The van der Waals surface area contributed by atoms with Gasteiger partial charge in [-0.2, -0.15) is 0 Å². The summed E-state index contributed by atoms with van der Waals surface area (Å²) in [5, 5.41) is 3.21. The molecule has 202 valence electrons. The van der Waals surface area contributed by atoms with Gasteiger partial charge in [0, 0.05) is 22.1 Å². The van der Waals surface area contributed by atoms with Crippen LogP contribution in [-0.4, -0.2) is 43.8 Å². The summed E-state index contributed by atoms with van der Waals surface area (Å²) in [7, 11) is -4.14. The van der Waals surface area contributed by atoms with Crippen molar-refractivity contribution in [2.75, 3.05) is 10.8 Å². The van der Waals surface area contributed by atoms with Crippen LogP contribution in [0.1, 0.15) is 31.9 Å². The van der Waals surface area contributed by atoms with Crippen LogP contribution in [0.2, 0.25) is 5.02 Å². The van der Waals surface area contributed by atoms with Crippen molar-refractivity contribution in [2.45, 2.75) is 51.2 Å². The molecule has 2 amide bonds. The first-order valence-electron chi connectivity index (χ1n) is 12.1. The van der Waals surface area contributed by atoms with E-state index in [2.05, 4.69) is 21.2 Å². The molecule has 0 saturated heterocycles. The highest BCUT2D eigenvalue weighted by Gasteiger charge is 2.32. The molecule has 38 heavy (non-hydrogen) atoms. The van der Waals surface area contributed by atoms with E-state index in [1.807, 2.05) is 45.0 Å². The van der Waals surface area contributed by atoms with Gasteiger partial charge in [0.2, 0.25) is 11.8 Å². The van der Waals surface area contributed by atoms with Gasteiger partial charge in [-0.1, -0.05) is 63.9 Å². The van der Waals surface area contributed by atoms with Crippen molar-refractivity contribution in [3.05, 3.63) is 93.4 Å². The predicted molar refractivity (Wildman–Crippen MR) is 155 cm³/mol. The van der Waals surface area contributed by atoms with Crippen molar-refractivity contribution in [3.63, 3.8) is 0 Å². The normalized spacial score (nSPS) is 12.2. The molecule has 0 aliphatic heterocycles. The van der Waals surface area contributed by atoms with Crippen LogP contribution in [0.25, 0.3) is 0 Å². The van der Waals surface area contributed by atoms with Crippen molar-refractivity contribution >= 4 is 55.1 Å². The number of carbonyl (C=O) groups is 2. The minimum absolute atomic E-state index is 0.0366. The fourth-order valence-corrected chi connectivity index (χ4v) is 5.63. The molecule has 3 aromatic carbocycles. The standard InChI is InChI=1S/C28H31BrClN3O4S/c1-19(2)31-28(35)21(4)32(17-22-11-13-23(29)14-12-22)27(34)18-33(24-15-10-20(3)26(30)16-24)38(36,37)25-8-6-5-7-9-25/h5-16,19,21H,17-18H2,1-4H3,(H,31,35). The van der Waals surface area contributed by atoms with Crippen LogP contribution in [0.3, 0.4) is 0 Å². The number of nitrogens with zero attached hydrogens (tertiary/aromatic N) is 2. The summed E-state index contributed by atoms with van der Waals surface area (Å²) in [6.45, 7) is 6.70. The molecule has 1 N–H and O–H groups in total. The molecule has 0 fully saturated rings. The molecule has 0 aliphatic carbocycles. The summed E-state index contributed by atoms with van der Waals surface area (Å²) >= 11 is 9.74. The predicted octanol–water partition coefficient (Wildman–Crippen LogP) is 5.55. The summed E-state index contributed by atoms with van der Waals surface area (Å²) in [5.74, 6) is -0.864. The Morgan fingerprint density at radius 2 is 1.61 bits per heavy atom. The van der Waals surface area contributed by atoms with E-state index in [9.17, 15) is 18.0 Å². The van der Waals surface area contributed by atoms with E-state index in [4.69, 9.17) is 11.6 Å². The smallest absolute Gasteiger partial charge is 0.264 e. The lowest BCUT2D eigenvalue weighted by Crippen LogP contribution is -2.52. The van der Waals surface area contributed by atoms with E-state index < -0.39 is 28.5 Å². The largest absolute Gasteiger partial charge is 0.352 e. The molecule has 3 rings (SSSR count). The quantitative estimate of drug-likeness (QED) is 0.322. The Labute approximate surface area is 238 Å². The SMILES string of the molecule is Cc1ccc(N(CC(=O)N(Cc2ccc(Br)cc2)C(C)C(=O)NC(C)C)S(=O)(=O)c2ccccc2)cc1Cl. The molecule has 1 unspecified atom stereocenters. The Kier molecular flexibility index (Phi) is 9.98. The highest BCUT2D eigenvalue weighted by Crippen LogP contribution is 2.28. The van der Waals surface area contributed by atoms with Crippen molar-refractivity contribution in [2.24, 2.45) is 0 Å². The molecule has 7 nitrogen and oxygen atoms in total. The minimum atomic E-state index is -4.14. The maximum Gasteiger partial charge on any atom is 0.264 e. The highest BCUT2D eigenvalue weighted by atomic mass is 79.9. The zero-order valence-electron chi connectivity index (χ0n) is 21.7. The zero-order valence-corrected chi connectivity index (χ0v) is 24.8. The molecule has 0 heterocycles. The average molecular weight is 621 g/mol. The number of aryl methyl sites for hydroxylation is 1. The van der Waals surface area contributed by atoms with Gasteiger partial charge in [0.25, 0.3) is 10.0 Å². The molecule has 0 bridgehead atoms. The van der Waals surface area contributed by atoms with Gasteiger partial charge in [0.15, 0.2) is 0 Å². The van der Waals surface area contributed by atoms with Gasteiger partial charge in [-0.15, -0.1) is 0 Å². The summed E-state index contributed by atoms with van der Waals surface area (Å²) in [6.07, 6.45) is 0. The summed E-state index contributed by atoms with van der Waals surface area (Å²) in [6, 6.07) is 19.1. The van der Waals surface area contributed by atoms with Gasteiger partial charge >= 0.3 is 0 Å². The van der Waals surface area contributed by atoms with Gasteiger partial charge in [0.05, 0.1) is 10.6 Å². The summed E-state index contributed by atoms with van der Waals surface area (Å²) in [4.78, 5) is 28.2. The Morgan fingerprint density at radius 3 is 2.18 bits per heavy atom. The molecule has 0 aliphatic rings. The number of amides is 2. The minimum Gasteiger partial charge on any atom is -0.352 e. The number of nitrogens with one attached hydrogen (secondary N) is 1. The number of halogens is 2. The maximum atomic E-state index is 13.9. The molecule has 0 radical (unpaired) electrons. The van der Waals surface area contributed by atoms with Gasteiger partial charge < -0.3 is 10.2 Å². The third-order valence-electron chi connectivity index (χ3n) is 5.92. The molecular weight excluding hydrogens is 590 g/mol. The van der Waals surface area contributed by atoms with E-state index >= 15 is 0 Å². The van der Waals surface area contributed by atoms with E-state index in [-0.39, 0.29) is 29.1 Å². The molecule has 0 aromatic heterocycles. The third kappa shape index (κ3) is 7.36. The molecule has 1 atom stereocenters. The molecule has 3 aromatic rings. The lowest BCUT2D eigenvalue weighted by Gasteiger charge is -2.32. The van der Waals surface area contributed by atoms with Crippen LogP contribution in [0.5, 0.6) is 0 Å². The number of benzene rings is 3. The lowest BCUT2D eigenvalue weighted by atomic mass is 10.1. The van der Waals surface area contributed by atoms with Crippen molar-refractivity contribution in [3.8, 4) is 0 Å². The maximum absolute atomic E-state index is 13.9. The molecule has 0 spiro atoms. The third-order valence-corrected chi connectivity index (χ3v) is 8.64. The first-order chi connectivity index (χ1) is 17.9. The van der Waals surface area contributed by atoms with Crippen LogP contribution in [0.4, 0.5) is 5.69 Å². The zero-order chi connectivity index (χ0) is 28.0. The molecule has 0 saturated carbocycles. The van der Waals surface area contributed by atoms with E-state index in [0.29, 0.717) is 5.02 Å². The number of hydrogen-bond donors (Lipinski definition) is 1. The summed E-state index contributed by atoms with van der Waals surface area (Å²) in [5.41, 5.74) is 1.82. The van der Waals surface area contributed by atoms with E-state index in [1.165, 1.54) is 23.1 Å². The van der Waals surface area contributed by atoms with Crippen LogP contribution in [-0.2, 0) is 26.2 Å². The molecular formula is C28H31BrClN3O4S. The monoisotopic (exact) mass is 619 g/mol. The lowest BCUT2D eigenvalue weighted by molar-refractivity contribution is -0.139. The summed E-state index contributed by atoms with van der Waals surface area (Å²) < 4.78 is 29.4. The van der Waals surface area contributed by atoms with Gasteiger partial charge in [-0.05, 0) is 75.2 Å². The molecule has 10 heteroatoms. The number of sulfonamides is 1. The average Bonchev–Trinajstić information content (AvgIpc) is 2.88. The van der Waals surface area contributed by atoms with Gasteiger partial charge in [-0.3, -0.25) is 13.9 Å². The number of carbonyl (C=O) groups excluding carboxylic acids is 2.